The fraction of sp³-hybridized carbons (Fsp3) is 0.517. The number of piperidine rings is 1. The minimum absolute atomic E-state index is 0.108. The molecular weight excluding hydrogens is 514 g/mol. The van der Waals surface area contributed by atoms with Crippen LogP contribution in [0.15, 0.2) is 29.1 Å². The lowest BCUT2D eigenvalue weighted by Crippen LogP contribution is -2.71. The molecule has 1 saturated heterocycles. The summed E-state index contributed by atoms with van der Waals surface area (Å²) in [6, 6.07) is 5.04. The first-order chi connectivity index (χ1) is 18.8. The number of primary amides is 2. The van der Waals surface area contributed by atoms with Gasteiger partial charge in [-0.1, -0.05) is 6.07 Å². The van der Waals surface area contributed by atoms with E-state index < -0.39 is 46.8 Å². The van der Waals surface area contributed by atoms with Crippen LogP contribution in [0.25, 0.3) is 0 Å². The highest BCUT2D eigenvalue weighted by molar-refractivity contribution is 5.98. The molecule has 2 heterocycles. The Bertz CT molecular complexity index is 1430. The highest BCUT2D eigenvalue weighted by atomic mass is 16.3. The van der Waals surface area contributed by atoms with E-state index in [1.54, 1.807) is 12.1 Å². The van der Waals surface area contributed by atoms with Gasteiger partial charge in [0.05, 0.1) is 12.0 Å². The largest absolute Gasteiger partial charge is 0.508 e. The second kappa shape index (κ2) is 10.0. The molecule has 40 heavy (non-hydrogen) atoms. The van der Waals surface area contributed by atoms with Gasteiger partial charge in [0.15, 0.2) is 0 Å². The molecule has 3 aliphatic rings. The van der Waals surface area contributed by atoms with Crippen LogP contribution in [0.4, 0.5) is 0 Å². The number of aromatic amines is 1. The van der Waals surface area contributed by atoms with Crippen LogP contribution in [0.2, 0.25) is 0 Å². The van der Waals surface area contributed by atoms with E-state index >= 15 is 0 Å². The molecule has 214 valence electrons. The lowest BCUT2D eigenvalue weighted by molar-refractivity contribution is -0.139. The Hall–Kier alpha value is -3.70. The lowest BCUT2D eigenvalue weighted by Gasteiger charge is -2.60. The standard InChI is InChI=1S/C29H37N5O6/c1-15-3-6-19(35)10-21(15)28-7-8-34(14-17-4-5-17)16(2)29(28,40)12-18-9-20(27(39)33-23(18)13-28)26(38)32-22(25(31)37)11-24(30)36/h3,6,9-10,16-17,22,35,40H,4-5,7-8,11-14H2,1-2H3,(H2,30,36)(H2,31,37)(H,32,38)(H,33,39)/t16-,22+,28?,29-/m1/s1. The van der Waals surface area contributed by atoms with E-state index in [1.807, 2.05) is 19.9 Å². The number of phenols is 1. The Morgan fingerprint density at radius 3 is 2.58 bits per heavy atom. The maximum atomic E-state index is 13.1. The Morgan fingerprint density at radius 2 is 1.93 bits per heavy atom. The molecule has 0 bridgehead atoms. The number of fused-ring (bicyclic) bond motifs is 2. The molecule has 2 aliphatic carbocycles. The van der Waals surface area contributed by atoms with Gasteiger partial charge in [-0.05, 0) is 80.5 Å². The van der Waals surface area contributed by atoms with Crippen molar-refractivity contribution in [3.05, 3.63) is 62.6 Å². The van der Waals surface area contributed by atoms with Crippen LogP contribution in [0, 0.1) is 12.8 Å². The zero-order valence-corrected chi connectivity index (χ0v) is 22.8. The van der Waals surface area contributed by atoms with Gasteiger partial charge in [-0.25, -0.2) is 0 Å². The van der Waals surface area contributed by atoms with Gasteiger partial charge in [-0.15, -0.1) is 0 Å². The first-order valence-electron chi connectivity index (χ1n) is 13.7. The molecule has 5 rings (SSSR count). The van der Waals surface area contributed by atoms with Crippen molar-refractivity contribution >= 4 is 17.7 Å². The van der Waals surface area contributed by atoms with E-state index in [1.165, 1.54) is 18.9 Å². The van der Waals surface area contributed by atoms with Crippen LogP contribution in [-0.2, 0) is 27.8 Å². The number of phenolic OH excluding ortho intramolecular Hbond substituents is 1. The van der Waals surface area contributed by atoms with Crippen LogP contribution in [0.1, 0.15) is 65.3 Å². The molecule has 0 radical (unpaired) electrons. The third-order valence-corrected chi connectivity index (χ3v) is 9.27. The van der Waals surface area contributed by atoms with Crippen LogP contribution in [-0.4, -0.2) is 68.6 Å². The Labute approximate surface area is 231 Å². The van der Waals surface area contributed by atoms with Gasteiger partial charge in [0.1, 0.15) is 17.4 Å². The molecule has 3 amide bonds. The van der Waals surface area contributed by atoms with Crippen molar-refractivity contribution in [1.82, 2.24) is 15.2 Å². The van der Waals surface area contributed by atoms with Gasteiger partial charge in [0.2, 0.25) is 11.8 Å². The summed E-state index contributed by atoms with van der Waals surface area (Å²) in [6.07, 6.45) is 2.97. The number of hydrogen-bond acceptors (Lipinski definition) is 7. The summed E-state index contributed by atoms with van der Waals surface area (Å²) in [6.45, 7) is 5.65. The highest BCUT2D eigenvalue weighted by Crippen LogP contribution is 2.54. The molecule has 1 aliphatic heterocycles. The van der Waals surface area contributed by atoms with Crippen molar-refractivity contribution in [1.29, 1.82) is 0 Å². The van der Waals surface area contributed by atoms with E-state index in [4.69, 9.17) is 11.5 Å². The maximum Gasteiger partial charge on any atom is 0.261 e. The molecule has 2 aromatic rings. The zero-order valence-electron chi connectivity index (χ0n) is 22.8. The number of nitrogens with one attached hydrogen (secondary N) is 2. The summed E-state index contributed by atoms with van der Waals surface area (Å²) in [5.74, 6) is -1.91. The first-order valence-corrected chi connectivity index (χ1v) is 13.7. The smallest absolute Gasteiger partial charge is 0.261 e. The number of aliphatic hydroxyl groups is 1. The third-order valence-electron chi connectivity index (χ3n) is 9.27. The number of carbonyl (C=O) groups excluding carboxylic acids is 3. The van der Waals surface area contributed by atoms with Gasteiger partial charge < -0.3 is 32.0 Å². The Kier molecular flexibility index (Phi) is 6.99. The normalized spacial score (nSPS) is 26.8. The monoisotopic (exact) mass is 551 g/mol. The molecule has 1 aromatic heterocycles. The zero-order chi connectivity index (χ0) is 29.0. The van der Waals surface area contributed by atoms with Crippen molar-refractivity contribution in [3.63, 3.8) is 0 Å². The number of likely N-dealkylation sites (tertiary alicyclic amines) is 1. The number of aromatic nitrogens is 1. The van der Waals surface area contributed by atoms with Gasteiger partial charge in [-0.2, -0.15) is 0 Å². The minimum atomic E-state index is -1.36. The fourth-order valence-electron chi connectivity index (χ4n) is 6.82. The molecule has 1 saturated carbocycles. The van der Waals surface area contributed by atoms with Crippen LogP contribution < -0.4 is 22.3 Å². The fourth-order valence-corrected chi connectivity index (χ4v) is 6.82. The first kappa shape index (κ1) is 27.9. The van der Waals surface area contributed by atoms with E-state index in [2.05, 4.69) is 15.2 Å². The summed E-state index contributed by atoms with van der Waals surface area (Å²) >= 11 is 0. The lowest BCUT2D eigenvalue weighted by atomic mass is 9.53. The number of rotatable bonds is 8. The van der Waals surface area contributed by atoms with Crippen LogP contribution in [0.3, 0.4) is 0 Å². The number of hydrogen-bond donors (Lipinski definition) is 6. The van der Waals surface area contributed by atoms with Gasteiger partial charge >= 0.3 is 0 Å². The maximum absolute atomic E-state index is 13.1. The molecule has 1 unspecified atom stereocenters. The van der Waals surface area contributed by atoms with E-state index in [0.29, 0.717) is 30.0 Å². The highest BCUT2D eigenvalue weighted by Gasteiger charge is 2.61. The predicted molar refractivity (Wildman–Crippen MR) is 147 cm³/mol. The topological polar surface area (TPSA) is 192 Å². The van der Waals surface area contributed by atoms with Crippen LogP contribution in [0.5, 0.6) is 5.75 Å². The van der Waals surface area contributed by atoms with Gasteiger partial charge in [-0.3, -0.25) is 24.1 Å². The number of pyridine rings is 1. The quantitative estimate of drug-likeness (QED) is 0.268. The summed E-state index contributed by atoms with van der Waals surface area (Å²) in [7, 11) is 0. The molecule has 1 aromatic carbocycles. The SMILES string of the molecule is Cc1ccc(O)cc1C12CCN(CC3CC3)[C@H](C)[C@]1(O)Cc1cc(C(=O)N[C@@H](CC(N)=O)C(N)=O)c(=O)[nH]c1C2. The van der Waals surface area contributed by atoms with Crippen molar-refractivity contribution in [2.75, 3.05) is 13.1 Å². The molecule has 4 atom stereocenters. The summed E-state index contributed by atoms with van der Waals surface area (Å²) in [4.78, 5) is 54.4. The Balaban J connectivity index is 1.57. The molecule has 8 N–H and O–H groups in total. The van der Waals surface area contributed by atoms with Crippen molar-refractivity contribution in [3.8, 4) is 5.75 Å². The summed E-state index contributed by atoms with van der Waals surface area (Å²) in [5.41, 5.74) is 10.5. The van der Waals surface area contributed by atoms with Gasteiger partial charge in [0, 0.05) is 36.5 Å². The summed E-state index contributed by atoms with van der Waals surface area (Å²) in [5, 5.41) is 25.5. The second-order valence-electron chi connectivity index (χ2n) is 11.8. The Morgan fingerprint density at radius 1 is 1.20 bits per heavy atom. The number of nitrogens with zero attached hydrogens (tertiary/aromatic N) is 1. The minimum Gasteiger partial charge on any atom is -0.508 e. The number of nitrogens with two attached hydrogens (primary N) is 2. The number of carbonyl (C=O) groups is 3. The molecule has 2 fully saturated rings. The second-order valence-corrected chi connectivity index (χ2v) is 11.8. The third kappa shape index (κ3) is 4.77. The molecule has 11 heteroatoms. The molecule has 11 nitrogen and oxygen atoms in total. The van der Waals surface area contributed by atoms with Crippen molar-refractivity contribution in [2.24, 2.45) is 17.4 Å². The van der Waals surface area contributed by atoms with Crippen molar-refractivity contribution in [2.45, 2.75) is 75.5 Å². The average Bonchev–Trinajstić information content (AvgIpc) is 3.70. The number of aryl methyl sites for hydroxylation is 1. The number of H-pyrrole nitrogens is 1. The van der Waals surface area contributed by atoms with E-state index in [0.717, 1.165) is 24.2 Å². The molecule has 0 spiro atoms. The van der Waals surface area contributed by atoms with Gasteiger partial charge in [0.25, 0.3) is 11.5 Å². The van der Waals surface area contributed by atoms with Crippen LogP contribution >= 0.6 is 0 Å². The number of aromatic hydroxyl groups is 1. The van der Waals surface area contributed by atoms with Crippen molar-refractivity contribution < 1.29 is 24.6 Å². The van der Waals surface area contributed by atoms with E-state index in [-0.39, 0.29) is 23.8 Å². The molecular formula is C29H37N5O6. The number of benzene rings is 1. The summed E-state index contributed by atoms with van der Waals surface area (Å²) < 4.78 is 0. The van der Waals surface area contributed by atoms with E-state index in [9.17, 15) is 29.4 Å². The average molecular weight is 552 g/mol. The predicted octanol–water partition coefficient (Wildman–Crippen LogP) is 0.120. The number of amides is 3.